The molecule has 0 spiro atoms. The average Bonchev–Trinajstić information content (AvgIpc) is 2.33. The molecule has 8 heteroatoms. The minimum Gasteiger partial charge on any atom is -0.481 e. The molecular formula is C11H18O8. The molecule has 0 aromatic heterocycles. The Balaban J connectivity index is 4.51. The van der Waals surface area contributed by atoms with Gasteiger partial charge < -0.3 is 14.9 Å². The lowest BCUT2D eigenvalue weighted by atomic mass is 9.96. The van der Waals surface area contributed by atoms with Crippen LogP contribution in [0, 0.1) is 0 Å². The highest BCUT2D eigenvalue weighted by molar-refractivity contribution is 5.88. The third-order valence-electron chi connectivity index (χ3n) is 2.44. The fourth-order valence-electron chi connectivity index (χ4n) is 1.38. The van der Waals surface area contributed by atoms with E-state index in [0.29, 0.717) is 6.42 Å². The van der Waals surface area contributed by atoms with Crippen molar-refractivity contribution in [2.75, 3.05) is 6.61 Å². The molecule has 0 bridgehead atoms. The van der Waals surface area contributed by atoms with Crippen molar-refractivity contribution in [2.24, 2.45) is 0 Å². The molecule has 1 unspecified atom stereocenters. The molecule has 0 saturated heterocycles. The van der Waals surface area contributed by atoms with Gasteiger partial charge in [-0.2, -0.15) is 0 Å². The Hall–Kier alpha value is -1.67. The lowest BCUT2D eigenvalue weighted by Gasteiger charge is -2.22. The predicted molar refractivity (Wildman–Crippen MR) is 61.4 cm³/mol. The maximum absolute atomic E-state index is 11.4. The van der Waals surface area contributed by atoms with Crippen LogP contribution in [0.2, 0.25) is 0 Å². The predicted octanol–water partition coefficient (Wildman–Crippen LogP) is 0.898. The lowest BCUT2D eigenvalue weighted by molar-refractivity contribution is -0.318. The Morgan fingerprint density at radius 1 is 1.11 bits per heavy atom. The van der Waals surface area contributed by atoms with Crippen LogP contribution in [0.4, 0.5) is 0 Å². The zero-order valence-electron chi connectivity index (χ0n) is 10.6. The number of rotatable bonds is 10. The first-order valence-corrected chi connectivity index (χ1v) is 5.81. The van der Waals surface area contributed by atoms with Crippen LogP contribution in [0.5, 0.6) is 0 Å². The van der Waals surface area contributed by atoms with Crippen molar-refractivity contribution in [3.63, 3.8) is 0 Å². The second-order valence-electron chi connectivity index (χ2n) is 4.07. The third-order valence-corrected chi connectivity index (χ3v) is 2.44. The molecule has 0 amide bonds. The van der Waals surface area contributed by atoms with E-state index in [1.54, 1.807) is 0 Å². The number of esters is 1. The Bertz CT molecular complexity index is 327. The number of carbonyl (C=O) groups is 3. The number of carboxylic acids is 2. The van der Waals surface area contributed by atoms with Crippen LogP contribution in [0.3, 0.4) is 0 Å². The molecule has 1 atom stereocenters. The summed E-state index contributed by atoms with van der Waals surface area (Å²) in [6, 6.07) is 0. The van der Waals surface area contributed by atoms with Gasteiger partial charge in [-0.15, -0.1) is 0 Å². The average molecular weight is 278 g/mol. The molecule has 0 aliphatic heterocycles. The number of carbonyl (C=O) groups excluding carboxylic acids is 1. The maximum atomic E-state index is 11.4. The quantitative estimate of drug-likeness (QED) is 0.232. The van der Waals surface area contributed by atoms with Gasteiger partial charge in [0.2, 0.25) is 5.60 Å². The van der Waals surface area contributed by atoms with E-state index in [9.17, 15) is 14.4 Å². The van der Waals surface area contributed by atoms with Gasteiger partial charge in [0.05, 0.1) is 19.4 Å². The van der Waals surface area contributed by atoms with Crippen LogP contribution in [0.15, 0.2) is 0 Å². The largest absolute Gasteiger partial charge is 0.481 e. The summed E-state index contributed by atoms with van der Waals surface area (Å²) >= 11 is 0. The molecule has 0 aromatic rings. The molecule has 0 radical (unpaired) electrons. The summed E-state index contributed by atoms with van der Waals surface area (Å²) in [6.45, 7) is 2.07. The SMILES string of the molecule is CCCCCOC(=O)CC(CC(=O)O)(OO)C(=O)O. The van der Waals surface area contributed by atoms with Gasteiger partial charge in [-0.25, -0.2) is 9.68 Å². The van der Waals surface area contributed by atoms with Gasteiger partial charge in [-0.05, 0) is 6.42 Å². The van der Waals surface area contributed by atoms with Crippen molar-refractivity contribution in [2.45, 2.75) is 44.6 Å². The van der Waals surface area contributed by atoms with Gasteiger partial charge in [-0.3, -0.25) is 14.8 Å². The minimum absolute atomic E-state index is 0.112. The van der Waals surface area contributed by atoms with E-state index in [2.05, 4.69) is 4.89 Å². The number of aliphatic carboxylic acids is 2. The topological polar surface area (TPSA) is 130 Å². The van der Waals surface area contributed by atoms with Crippen LogP contribution in [0.1, 0.15) is 39.0 Å². The van der Waals surface area contributed by atoms with Crippen molar-refractivity contribution >= 4 is 17.9 Å². The molecule has 110 valence electrons. The van der Waals surface area contributed by atoms with E-state index < -0.39 is 36.4 Å². The molecular weight excluding hydrogens is 260 g/mol. The molecule has 0 fully saturated rings. The van der Waals surface area contributed by atoms with Gasteiger partial charge in [-0.1, -0.05) is 19.8 Å². The summed E-state index contributed by atoms with van der Waals surface area (Å²) in [7, 11) is 0. The molecule has 0 aliphatic carbocycles. The molecule has 0 rings (SSSR count). The molecule has 0 aliphatic rings. The van der Waals surface area contributed by atoms with E-state index >= 15 is 0 Å². The van der Waals surface area contributed by atoms with Crippen molar-refractivity contribution in [3.05, 3.63) is 0 Å². The molecule has 0 saturated carbocycles. The third kappa shape index (κ3) is 6.16. The van der Waals surface area contributed by atoms with E-state index in [4.69, 9.17) is 20.2 Å². The Kier molecular flexibility index (Phi) is 7.69. The Morgan fingerprint density at radius 2 is 1.74 bits per heavy atom. The molecule has 0 heterocycles. The monoisotopic (exact) mass is 278 g/mol. The first-order valence-electron chi connectivity index (χ1n) is 5.81. The van der Waals surface area contributed by atoms with E-state index in [-0.39, 0.29) is 6.61 Å². The van der Waals surface area contributed by atoms with Gasteiger partial charge in [0.1, 0.15) is 0 Å². The minimum atomic E-state index is -2.52. The van der Waals surface area contributed by atoms with Crippen LogP contribution >= 0.6 is 0 Å². The fourth-order valence-corrected chi connectivity index (χ4v) is 1.38. The first-order chi connectivity index (χ1) is 8.88. The zero-order valence-corrected chi connectivity index (χ0v) is 10.6. The summed E-state index contributed by atoms with van der Waals surface area (Å²) in [5.74, 6) is -4.20. The number of unbranched alkanes of at least 4 members (excludes halogenated alkanes) is 2. The highest BCUT2D eigenvalue weighted by Crippen LogP contribution is 2.21. The Labute approximate surface area is 109 Å². The highest BCUT2D eigenvalue weighted by Gasteiger charge is 2.45. The first kappa shape index (κ1) is 17.3. The van der Waals surface area contributed by atoms with Crippen molar-refractivity contribution in [1.29, 1.82) is 0 Å². The number of ether oxygens (including phenoxy) is 1. The summed E-state index contributed by atoms with van der Waals surface area (Å²) in [6.07, 6.45) is 0.472. The molecule has 8 nitrogen and oxygen atoms in total. The van der Waals surface area contributed by atoms with Gasteiger partial charge in [0.15, 0.2) is 0 Å². The van der Waals surface area contributed by atoms with E-state index in [0.717, 1.165) is 12.8 Å². The summed E-state index contributed by atoms with van der Waals surface area (Å²) in [5, 5.41) is 26.1. The zero-order chi connectivity index (χ0) is 14.9. The molecule has 0 aromatic carbocycles. The second-order valence-corrected chi connectivity index (χ2v) is 4.07. The van der Waals surface area contributed by atoms with Gasteiger partial charge in [0.25, 0.3) is 0 Å². The van der Waals surface area contributed by atoms with Crippen molar-refractivity contribution in [3.8, 4) is 0 Å². The lowest BCUT2D eigenvalue weighted by Crippen LogP contribution is -2.45. The number of hydrogen-bond acceptors (Lipinski definition) is 6. The Morgan fingerprint density at radius 3 is 2.16 bits per heavy atom. The van der Waals surface area contributed by atoms with Gasteiger partial charge >= 0.3 is 17.9 Å². The summed E-state index contributed by atoms with van der Waals surface area (Å²) in [4.78, 5) is 36.6. The number of carboxylic acid groups (broad SMARTS) is 2. The van der Waals surface area contributed by atoms with Crippen LogP contribution in [-0.2, 0) is 24.0 Å². The molecule has 19 heavy (non-hydrogen) atoms. The van der Waals surface area contributed by atoms with Crippen molar-refractivity contribution in [1.82, 2.24) is 0 Å². The van der Waals surface area contributed by atoms with Crippen molar-refractivity contribution < 1.29 is 39.5 Å². The normalized spacial score (nSPS) is 13.6. The second kappa shape index (κ2) is 8.44. The smallest absolute Gasteiger partial charge is 0.340 e. The standard InChI is InChI=1S/C11H18O8/c1-2-3-4-5-18-9(14)7-11(19-17,10(15)16)6-8(12)13/h17H,2-7H2,1H3,(H,12,13)(H,15,16). The van der Waals surface area contributed by atoms with Crippen LogP contribution in [0.25, 0.3) is 0 Å². The van der Waals surface area contributed by atoms with E-state index in [1.165, 1.54) is 0 Å². The summed E-state index contributed by atoms with van der Waals surface area (Å²) in [5.41, 5.74) is -2.52. The van der Waals surface area contributed by atoms with Crippen LogP contribution in [-0.4, -0.2) is 45.6 Å². The fraction of sp³-hybridized carbons (Fsp3) is 0.727. The van der Waals surface area contributed by atoms with Crippen LogP contribution < -0.4 is 0 Å². The maximum Gasteiger partial charge on any atom is 0.340 e. The van der Waals surface area contributed by atoms with E-state index in [1.807, 2.05) is 6.92 Å². The highest BCUT2D eigenvalue weighted by atomic mass is 17.1. The van der Waals surface area contributed by atoms with Gasteiger partial charge in [0, 0.05) is 0 Å². The summed E-state index contributed by atoms with van der Waals surface area (Å²) < 4.78 is 4.75. The molecule has 3 N–H and O–H groups in total. The number of hydrogen-bond donors (Lipinski definition) is 3.